The lowest BCUT2D eigenvalue weighted by Gasteiger charge is -2.30. The molecule has 2 amide bonds. The fraction of sp³-hybridized carbons (Fsp3) is 0.611. The van der Waals surface area contributed by atoms with E-state index in [1.54, 1.807) is 0 Å². The van der Waals surface area contributed by atoms with Gasteiger partial charge in [0.25, 0.3) is 0 Å². The van der Waals surface area contributed by atoms with Gasteiger partial charge in [-0.25, -0.2) is 4.79 Å². The quantitative estimate of drug-likeness (QED) is 0.886. The van der Waals surface area contributed by atoms with E-state index in [2.05, 4.69) is 16.7 Å². The van der Waals surface area contributed by atoms with Crippen LogP contribution in [0, 0.1) is 5.92 Å². The predicted octanol–water partition coefficient (Wildman–Crippen LogP) is 3.45. The molecule has 0 radical (unpaired) electrons. The summed E-state index contributed by atoms with van der Waals surface area (Å²) in [6, 6.07) is 8.35. The Labute approximate surface area is 141 Å². The minimum absolute atomic E-state index is 0.0408. The van der Waals surface area contributed by atoms with Crippen molar-refractivity contribution in [1.29, 1.82) is 0 Å². The van der Waals surface area contributed by atoms with Crippen molar-refractivity contribution in [2.45, 2.75) is 56.2 Å². The second-order valence-electron chi connectivity index (χ2n) is 7.09. The number of carbonyl (C=O) groups excluding carboxylic acids is 1. The Bertz CT molecular complexity index is 590. The average molecular weight is 335 g/mol. The molecule has 124 valence electrons. The molecule has 4 nitrogen and oxygen atoms in total. The summed E-state index contributed by atoms with van der Waals surface area (Å²) in [5, 5.41) is 6.98. The highest BCUT2D eigenvalue weighted by Gasteiger charge is 2.40. The van der Waals surface area contributed by atoms with E-state index in [4.69, 9.17) is 16.3 Å². The molecule has 0 aromatic heterocycles. The summed E-state index contributed by atoms with van der Waals surface area (Å²) in [6.45, 7) is 0.765. The van der Waals surface area contributed by atoms with Crippen LogP contribution < -0.4 is 10.6 Å². The highest BCUT2D eigenvalue weighted by atomic mass is 35.5. The van der Waals surface area contributed by atoms with E-state index in [0.29, 0.717) is 12.0 Å². The topological polar surface area (TPSA) is 50.4 Å². The first-order valence-electron chi connectivity index (χ1n) is 8.63. The lowest BCUT2D eigenvalue weighted by molar-refractivity contribution is -0.00914. The zero-order valence-electron chi connectivity index (χ0n) is 13.1. The second kappa shape index (κ2) is 6.33. The van der Waals surface area contributed by atoms with Crippen molar-refractivity contribution < 1.29 is 9.53 Å². The molecule has 0 unspecified atom stereocenters. The normalized spacial score (nSPS) is 33.1. The fourth-order valence-corrected chi connectivity index (χ4v) is 3.81. The lowest BCUT2D eigenvalue weighted by atomic mass is 10.0. The molecule has 1 heterocycles. The molecule has 2 N–H and O–H groups in total. The van der Waals surface area contributed by atoms with Gasteiger partial charge in [-0.05, 0) is 55.7 Å². The third-order valence-electron chi connectivity index (χ3n) is 5.18. The summed E-state index contributed by atoms with van der Waals surface area (Å²) in [7, 11) is 0. The van der Waals surface area contributed by atoms with Crippen LogP contribution in [0.1, 0.15) is 43.6 Å². The van der Waals surface area contributed by atoms with Crippen molar-refractivity contribution in [2.75, 3.05) is 6.61 Å². The number of ether oxygens (including phenoxy) is 1. The van der Waals surface area contributed by atoms with E-state index in [9.17, 15) is 4.79 Å². The first-order chi connectivity index (χ1) is 11.2. The van der Waals surface area contributed by atoms with E-state index in [0.717, 1.165) is 36.8 Å². The molecule has 4 atom stereocenters. The van der Waals surface area contributed by atoms with Crippen LogP contribution in [-0.2, 0) is 4.74 Å². The van der Waals surface area contributed by atoms with E-state index >= 15 is 0 Å². The predicted molar refractivity (Wildman–Crippen MR) is 89.8 cm³/mol. The number of carbonyl (C=O) groups is 1. The summed E-state index contributed by atoms with van der Waals surface area (Å²) < 4.78 is 5.81. The van der Waals surface area contributed by atoms with Crippen LogP contribution in [0.15, 0.2) is 24.3 Å². The molecular weight excluding hydrogens is 312 g/mol. The van der Waals surface area contributed by atoms with Crippen molar-refractivity contribution in [3.8, 4) is 0 Å². The molecule has 1 aromatic rings. The van der Waals surface area contributed by atoms with Gasteiger partial charge < -0.3 is 15.4 Å². The van der Waals surface area contributed by atoms with E-state index in [-0.39, 0.29) is 18.1 Å². The number of amides is 2. The van der Waals surface area contributed by atoms with Gasteiger partial charge in [0.15, 0.2) is 0 Å². The molecule has 5 heteroatoms. The van der Waals surface area contributed by atoms with Crippen molar-refractivity contribution in [1.82, 2.24) is 10.6 Å². The van der Waals surface area contributed by atoms with Crippen LogP contribution in [0.25, 0.3) is 0 Å². The van der Waals surface area contributed by atoms with Crippen LogP contribution >= 0.6 is 11.6 Å². The lowest BCUT2D eigenvalue weighted by Crippen LogP contribution is -2.47. The van der Waals surface area contributed by atoms with Crippen LogP contribution in [0.2, 0.25) is 5.02 Å². The fourth-order valence-electron chi connectivity index (χ4n) is 3.61. The monoisotopic (exact) mass is 334 g/mol. The highest BCUT2D eigenvalue weighted by Crippen LogP contribution is 2.41. The number of hydrogen-bond donors (Lipinski definition) is 2. The molecule has 2 aliphatic carbocycles. The Morgan fingerprint density at radius 2 is 2.04 bits per heavy atom. The standard InChI is InChI=1S/C18H23ClN2O2/c19-13-3-1-2-12(8-13)15-10-16(15)21-18(22)20-14-6-7-23-17(9-14)11-4-5-11/h1-3,8,11,14-17H,4-7,9-10H2,(H2,20,21,22)/t14-,15+,16-,17+/m1/s1. The van der Waals surface area contributed by atoms with Gasteiger partial charge in [-0.15, -0.1) is 0 Å². The highest BCUT2D eigenvalue weighted by molar-refractivity contribution is 6.30. The SMILES string of the molecule is O=C(N[C@@H]1CCO[C@H](C2CC2)C1)N[C@@H]1C[C@H]1c1cccc(Cl)c1. The first kappa shape index (κ1) is 15.3. The van der Waals surface area contributed by atoms with Crippen LogP contribution in [0.5, 0.6) is 0 Å². The molecule has 3 aliphatic rings. The zero-order valence-corrected chi connectivity index (χ0v) is 13.9. The number of urea groups is 1. The molecule has 0 bridgehead atoms. The maximum Gasteiger partial charge on any atom is 0.315 e. The third kappa shape index (κ3) is 3.81. The second-order valence-corrected chi connectivity index (χ2v) is 7.53. The van der Waals surface area contributed by atoms with Gasteiger partial charge in [-0.3, -0.25) is 0 Å². The Morgan fingerprint density at radius 1 is 1.17 bits per heavy atom. The number of benzene rings is 1. The summed E-state index contributed by atoms with van der Waals surface area (Å²) in [4.78, 5) is 12.2. The molecule has 1 saturated heterocycles. The molecule has 1 aromatic carbocycles. The van der Waals surface area contributed by atoms with Crippen molar-refractivity contribution in [3.63, 3.8) is 0 Å². The summed E-state index contributed by atoms with van der Waals surface area (Å²) in [5.74, 6) is 1.13. The minimum Gasteiger partial charge on any atom is -0.378 e. The van der Waals surface area contributed by atoms with Gasteiger partial charge in [-0.2, -0.15) is 0 Å². The van der Waals surface area contributed by atoms with Crippen LogP contribution in [0.3, 0.4) is 0 Å². The third-order valence-corrected chi connectivity index (χ3v) is 5.42. The maximum absolute atomic E-state index is 12.2. The van der Waals surface area contributed by atoms with Gasteiger partial charge in [0, 0.05) is 29.6 Å². The largest absolute Gasteiger partial charge is 0.378 e. The molecule has 3 fully saturated rings. The van der Waals surface area contributed by atoms with Crippen LogP contribution in [0.4, 0.5) is 4.79 Å². The van der Waals surface area contributed by atoms with Gasteiger partial charge in [0.05, 0.1) is 6.10 Å². The van der Waals surface area contributed by atoms with Gasteiger partial charge >= 0.3 is 6.03 Å². The van der Waals surface area contributed by atoms with Gasteiger partial charge in [0.2, 0.25) is 0 Å². The van der Waals surface area contributed by atoms with Gasteiger partial charge in [0.1, 0.15) is 0 Å². The minimum atomic E-state index is -0.0408. The van der Waals surface area contributed by atoms with Gasteiger partial charge in [-0.1, -0.05) is 23.7 Å². The molecule has 23 heavy (non-hydrogen) atoms. The Kier molecular flexibility index (Phi) is 4.20. The van der Waals surface area contributed by atoms with Crippen molar-refractivity contribution in [2.24, 2.45) is 5.92 Å². The zero-order chi connectivity index (χ0) is 15.8. The molecular formula is C18H23ClN2O2. The number of halogens is 1. The van der Waals surface area contributed by atoms with E-state index in [1.165, 1.54) is 18.4 Å². The maximum atomic E-state index is 12.2. The van der Waals surface area contributed by atoms with Crippen molar-refractivity contribution in [3.05, 3.63) is 34.9 Å². The summed E-state index contributed by atoms with van der Waals surface area (Å²) in [6.07, 6.45) is 5.79. The van der Waals surface area contributed by atoms with Crippen molar-refractivity contribution >= 4 is 17.6 Å². The molecule has 0 spiro atoms. The Morgan fingerprint density at radius 3 is 2.83 bits per heavy atom. The summed E-state index contributed by atoms with van der Waals surface area (Å²) >= 11 is 6.03. The molecule has 4 rings (SSSR count). The Balaban J connectivity index is 1.24. The van der Waals surface area contributed by atoms with E-state index in [1.807, 2.05) is 18.2 Å². The molecule has 2 saturated carbocycles. The first-order valence-corrected chi connectivity index (χ1v) is 9.01. The molecule has 1 aliphatic heterocycles. The number of hydrogen-bond acceptors (Lipinski definition) is 2. The van der Waals surface area contributed by atoms with Crippen LogP contribution in [-0.4, -0.2) is 30.8 Å². The summed E-state index contributed by atoms with van der Waals surface area (Å²) in [5.41, 5.74) is 1.21. The Hall–Kier alpha value is -1.26. The number of rotatable bonds is 4. The average Bonchev–Trinajstić information content (AvgIpc) is 3.42. The smallest absolute Gasteiger partial charge is 0.315 e. The van der Waals surface area contributed by atoms with E-state index < -0.39 is 0 Å². The number of nitrogens with one attached hydrogen (secondary N) is 2.